The second-order valence-corrected chi connectivity index (χ2v) is 5.58. The summed E-state index contributed by atoms with van der Waals surface area (Å²) in [6, 6.07) is 4.92. The van der Waals surface area contributed by atoms with E-state index in [9.17, 15) is 21.6 Å². The smallest absolute Gasteiger partial charge is 0.273 e. The Morgan fingerprint density at radius 1 is 1.32 bits per heavy atom. The van der Waals surface area contributed by atoms with Crippen LogP contribution in [0.25, 0.3) is 0 Å². The first-order valence-corrected chi connectivity index (χ1v) is 6.69. The fourth-order valence-corrected chi connectivity index (χ4v) is 2.34. The van der Waals surface area contributed by atoms with Crippen LogP contribution in [0.1, 0.15) is 5.56 Å². The molecule has 0 saturated heterocycles. The van der Waals surface area contributed by atoms with E-state index in [0.717, 1.165) is 12.1 Å². The van der Waals surface area contributed by atoms with Gasteiger partial charge in [-0.2, -0.15) is 0 Å². The van der Waals surface area contributed by atoms with Gasteiger partial charge in [0.1, 0.15) is 5.82 Å². The van der Waals surface area contributed by atoms with E-state index < -0.39 is 40.6 Å². The molecule has 3 N–H and O–H groups in total. The minimum atomic E-state index is -3.95. The Labute approximate surface area is 115 Å². The number of benzene rings is 1. The Hall–Kier alpha value is -0.830. The van der Waals surface area contributed by atoms with Crippen LogP contribution in [0, 0.1) is 5.82 Å². The van der Waals surface area contributed by atoms with Crippen LogP contribution in [-0.2, 0) is 15.8 Å². The normalized spacial score (nSPS) is 12.0. The van der Waals surface area contributed by atoms with Crippen LogP contribution in [0.15, 0.2) is 24.3 Å². The first-order valence-electron chi connectivity index (χ1n) is 5.04. The monoisotopic (exact) mass is 318 g/mol. The molecule has 0 saturated carbocycles. The first kappa shape index (κ1) is 18.2. The third kappa shape index (κ3) is 6.76. The topological polar surface area (TPSA) is 72.2 Å². The van der Waals surface area contributed by atoms with E-state index in [-0.39, 0.29) is 18.0 Å². The van der Waals surface area contributed by atoms with Gasteiger partial charge in [-0.15, -0.1) is 12.4 Å². The van der Waals surface area contributed by atoms with Crippen LogP contribution in [-0.4, -0.2) is 27.4 Å². The average molecular weight is 319 g/mol. The molecule has 4 nitrogen and oxygen atoms in total. The molecule has 0 unspecified atom stereocenters. The molecule has 0 heterocycles. The summed E-state index contributed by atoms with van der Waals surface area (Å²) >= 11 is 0. The predicted molar refractivity (Wildman–Crippen MR) is 68.3 cm³/mol. The fraction of sp³-hybridized carbons (Fsp3) is 0.400. The van der Waals surface area contributed by atoms with Gasteiger partial charge in [-0.3, -0.25) is 0 Å². The minimum Gasteiger partial charge on any atom is -0.325 e. The summed E-state index contributed by atoms with van der Waals surface area (Å²) in [5, 5.41) is 0. The molecule has 0 bridgehead atoms. The number of nitrogens with one attached hydrogen (secondary N) is 1. The zero-order chi connectivity index (χ0) is 13.8. The van der Waals surface area contributed by atoms with Crippen molar-refractivity contribution in [2.45, 2.75) is 11.7 Å². The molecular weight excluding hydrogens is 305 g/mol. The molecule has 1 aromatic rings. The fourth-order valence-electron chi connectivity index (χ4n) is 1.18. The zero-order valence-corrected chi connectivity index (χ0v) is 11.4. The quantitative estimate of drug-likeness (QED) is 0.829. The van der Waals surface area contributed by atoms with Crippen molar-refractivity contribution >= 4 is 22.4 Å². The molecule has 0 aliphatic carbocycles. The van der Waals surface area contributed by atoms with Crippen molar-refractivity contribution in [1.29, 1.82) is 0 Å². The minimum absolute atomic E-state index is 0. The average Bonchev–Trinajstić information content (AvgIpc) is 2.26. The summed E-state index contributed by atoms with van der Waals surface area (Å²) in [5.41, 5.74) is 4.95. The van der Waals surface area contributed by atoms with Crippen LogP contribution in [0.5, 0.6) is 0 Å². The molecule has 1 rings (SSSR count). The molecule has 0 amide bonds. The highest BCUT2D eigenvalue weighted by atomic mass is 35.5. The highest BCUT2D eigenvalue weighted by Crippen LogP contribution is 2.11. The Morgan fingerprint density at radius 2 is 1.95 bits per heavy atom. The van der Waals surface area contributed by atoms with E-state index in [0.29, 0.717) is 0 Å². The molecule has 0 radical (unpaired) electrons. The van der Waals surface area contributed by atoms with Crippen LogP contribution in [0.3, 0.4) is 0 Å². The summed E-state index contributed by atoms with van der Waals surface area (Å²) in [4.78, 5) is 0. The SMILES string of the molecule is Cl.NCC(F)(F)CNS(=O)(=O)Cc1cccc(F)c1. The van der Waals surface area contributed by atoms with Crippen molar-refractivity contribution in [2.24, 2.45) is 5.73 Å². The van der Waals surface area contributed by atoms with E-state index in [1.165, 1.54) is 12.1 Å². The van der Waals surface area contributed by atoms with Crippen LogP contribution in [0.2, 0.25) is 0 Å². The van der Waals surface area contributed by atoms with E-state index in [1.54, 1.807) is 4.72 Å². The van der Waals surface area contributed by atoms with Crippen molar-refractivity contribution in [3.63, 3.8) is 0 Å². The summed E-state index contributed by atoms with van der Waals surface area (Å²) in [5.74, 6) is -4.45. The van der Waals surface area contributed by atoms with Gasteiger partial charge in [-0.05, 0) is 17.7 Å². The Bertz CT molecular complexity index is 511. The van der Waals surface area contributed by atoms with Gasteiger partial charge in [0.15, 0.2) is 0 Å². The lowest BCUT2D eigenvalue weighted by molar-refractivity contribution is 0.0170. The number of halogens is 4. The van der Waals surface area contributed by atoms with Gasteiger partial charge >= 0.3 is 0 Å². The summed E-state index contributed by atoms with van der Waals surface area (Å²) < 4.78 is 63.0. The summed E-state index contributed by atoms with van der Waals surface area (Å²) in [6.07, 6.45) is 0. The highest BCUT2D eigenvalue weighted by Gasteiger charge is 2.28. The largest absolute Gasteiger partial charge is 0.325 e. The summed E-state index contributed by atoms with van der Waals surface area (Å²) in [6.45, 7) is -2.02. The summed E-state index contributed by atoms with van der Waals surface area (Å²) in [7, 11) is -3.95. The number of nitrogens with two attached hydrogens (primary N) is 1. The van der Waals surface area contributed by atoms with Crippen molar-refractivity contribution in [1.82, 2.24) is 4.72 Å². The number of hydrogen-bond donors (Lipinski definition) is 2. The lowest BCUT2D eigenvalue weighted by Gasteiger charge is -2.14. The van der Waals surface area contributed by atoms with Crippen molar-refractivity contribution in [3.8, 4) is 0 Å². The van der Waals surface area contributed by atoms with E-state index in [2.05, 4.69) is 0 Å². The lowest BCUT2D eigenvalue weighted by atomic mass is 10.2. The predicted octanol–water partition coefficient (Wildman–Crippen LogP) is 1.26. The molecule has 0 aliphatic heterocycles. The molecule has 19 heavy (non-hydrogen) atoms. The van der Waals surface area contributed by atoms with Gasteiger partial charge in [0.2, 0.25) is 10.0 Å². The molecule has 0 aliphatic rings. The maximum atomic E-state index is 12.8. The molecule has 110 valence electrons. The van der Waals surface area contributed by atoms with E-state index >= 15 is 0 Å². The highest BCUT2D eigenvalue weighted by molar-refractivity contribution is 7.88. The maximum Gasteiger partial charge on any atom is 0.273 e. The standard InChI is InChI=1S/C10H13F3N2O2S.ClH/c11-9-3-1-2-8(4-9)5-18(16,17)15-7-10(12,13)6-14;/h1-4,15H,5-7,14H2;1H. The van der Waals surface area contributed by atoms with Gasteiger partial charge in [0, 0.05) is 0 Å². The second kappa shape index (κ2) is 7.09. The third-order valence-corrected chi connectivity index (χ3v) is 3.39. The Kier molecular flexibility index (Phi) is 6.78. The number of hydrogen-bond acceptors (Lipinski definition) is 3. The number of alkyl halides is 2. The third-order valence-electron chi connectivity index (χ3n) is 2.10. The Balaban J connectivity index is 0.00000324. The number of rotatable bonds is 6. The van der Waals surface area contributed by atoms with Crippen molar-refractivity contribution in [3.05, 3.63) is 35.6 Å². The van der Waals surface area contributed by atoms with Crippen LogP contribution < -0.4 is 10.5 Å². The molecule has 0 fully saturated rings. The van der Waals surface area contributed by atoms with E-state index in [1.807, 2.05) is 0 Å². The molecule has 0 aromatic heterocycles. The van der Waals surface area contributed by atoms with E-state index in [4.69, 9.17) is 5.73 Å². The van der Waals surface area contributed by atoms with Gasteiger partial charge in [0.05, 0.1) is 18.8 Å². The van der Waals surface area contributed by atoms with Crippen LogP contribution >= 0.6 is 12.4 Å². The van der Waals surface area contributed by atoms with Crippen molar-refractivity contribution < 1.29 is 21.6 Å². The molecular formula is C10H14ClF3N2O2S. The second-order valence-electron chi connectivity index (χ2n) is 3.77. The number of sulfonamides is 1. The maximum absolute atomic E-state index is 12.8. The Morgan fingerprint density at radius 3 is 2.47 bits per heavy atom. The molecule has 1 aromatic carbocycles. The van der Waals surface area contributed by atoms with Gasteiger partial charge < -0.3 is 5.73 Å². The zero-order valence-electron chi connectivity index (χ0n) is 9.77. The van der Waals surface area contributed by atoms with Gasteiger partial charge in [-0.25, -0.2) is 26.3 Å². The molecule has 0 atom stereocenters. The van der Waals surface area contributed by atoms with Gasteiger partial charge in [-0.1, -0.05) is 12.1 Å². The van der Waals surface area contributed by atoms with Gasteiger partial charge in [0.25, 0.3) is 5.92 Å². The molecule has 9 heteroatoms. The lowest BCUT2D eigenvalue weighted by Crippen LogP contribution is -2.41. The molecule has 0 spiro atoms. The van der Waals surface area contributed by atoms with Crippen LogP contribution in [0.4, 0.5) is 13.2 Å². The van der Waals surface area contributed by atoms with Crippen molar-refractivity contribution in [2.75, 3.05) is 13.1 Å². The first-order chi connectivity index (χ1) is 8.24.